The first-order valence-corrected chi connectivity index (χ1v) is 4.08. The molecule has 8 heavy (non-hydrogen) atoms. The van der Waals surface area contributed by atoms with Crippen LogP contribution in [0, 0.1) is 0 Å². The number of hydrogen-bond donors (Lipinski definition) is 1. The Hall–Kier alpha value is 0.400. The summed E-state index contributed by atoms with van der Waals surface area (Å²) in [6, 6.07) is -0.0186. The van der Waals surface area contributed by atoms with Crippen molar-refractivity contribution < 1.29 is 0 Å². The topological polar surface area (TPSA) is 26.0 Å². The largest absolute Gasteiger partial charge is 0.323 e. The van der Waals surface area contributed by atoms with Gasteiger partial charge in [-0.2, -0.15) is 11.8 Å². The van der Waals surface area contributed by atoms with E-state index in [0.29, 0.717) is 0 Å². The molecule has 1 nitrogen and oxygen atoms in total. The standard InChI is InChI=1S/C5H10NS2/c1-2-8-4-5(6)3-7/h5H,2,4,6H2,1H3. The van der Waals surface area contributed by atoms with Gasteiger partial charge in [0.2, 0.25) is 0 Å². The van der Waals surface area contributed by atoms with E-state index in [9.17, 15) is 0 Å². The van der Waals surface area contributed by atoms with Gasteiger partial charge >= 0.3 is 0 Å². The molecule has 0 bridgehead atoms. The van der Waals surface area contributed by atoms with Crippen LogP contribution in [0.5, 0.6) is 0 Å². The molecule has 0 saturated carbocycles. The Labute approximate surface area is 60.0 Å². The van der Waals surface area contributed by atoms with Crippen molar-refractivity contribution in [2.45, 2.75) is 13.0 Å². The zero-order valence-corrected chi connectivity index (χ0v) is 6.52. The highest BCUT2D eigenvalue weighted by molar-refractivity contribution is 7.99. The summed E-state index contributed by atoms with van der Waals surface area (Å²) in [4.78, 5) is 0. The van der Waals surface area contributed by atoms with Gasteiger partial charge in [0.25, 0.3) is 0 Å². The van der Waals surface area contributed by atoms with Gasteiger partial charge in [-0.15, -0.1) is 0 Å². The van der Waals surface area contributed by atoms with Crippen LogP contribution in [0.3, 0.4) is 0 Å². The molecule has 0 aromatic carbocycles. The first-order chi connectivity index (χ1) is 3.81. The summed E-state index contributed by atoms with van der Waals surface area (Å²) >= 11 is 6.29. The van der Waals surface area contributed by atoms with E-state index in [1.54, 1.807) is 11.8 Å². The van der Waals surface area contributed by atoms with Crippen LogP contribution in [0.15, 0.2) is 0 Å². The first-order valence-electron chi connectivity index (χ1n) is 2.52. The number of hydrogen-bond acceptors (Lipinski definition) is 3. The van der Waals surface area contributed by atoms with Crippen LogP contribution in [0.1, 0.15) is 6.92 Å². The van der Waals surface area contributed by atoms with Gasteiger partial charge in [-0.3, -0.25) is 0 Å². The van der Waals surface area contributed by atoms with Gasteiger partial charge in [0, 0.05) is 11.1 Å². The molecule has 0 aliphatic rings. The van der Waals surface area contributed by atoms with Gasteiger partial charge in [0.15, 0.2) is 0 Å². The maximum atomic E-state index is 5.42. The molecule has 0 aromatic heterocycles. The van der Waals surface area contributed by atoms with E-state index in [1.807, 2.05) is 0 Å². The Bertz CT molecular complexity index is 65.4. The highest BCUT2D eigenvalue weighted by Crippen LogP contribution is 1.97. The molecule has 0 aliphatic carbocycles. The Kier molecular flexibility index (Phi) is 5.81. The minimum absolute atomic E-state index is 0.0186. The molecule has 1 radical (unpaired) electrons. The van der Waals surface area contributed by atoms with Crippen LogP contribution in [0.4, 0.5) is 0 Å². The molecular weight excluding hydrogens is 138 g/mol. The van der Waals surface area contributed by atoms with Crippen LogP contribution >= 0.6 is 24.0 Å². The van der Waals surface area contributed by atoms with Crippen molar-refractivity contribution in [3.63, 3.8) is 0 Å². The minimum Gasteiger partial charge on any atom is -0.323 e. The molecule has 3 heteroatoms. The molecule has 0 saturated heterocycles. The second-order valence-corrected chi connectivity index (χ2v) is 2.94. The molecule has 0 aliphatic heterocycles. The van der Waals surface area contributed by atoms with E-state index >= 15 is 0 Å². The van der Waals surface area contributed by atoms with E-state index in [4.69, 9.17) is 5.73 Å². The number of nitrogens with two attached hydrogens (primary N) is 1. The Morgan fingerprint density at radius 3 is 2.88 bits per heavy atom. The summed E-state index contributed by atoms with van der Waals surface area (Å²) in [7, 11) is 0. The molecule has 2 N–H and O–H groups in total. The average Bonchev–Trinajstić information content (AvgIpc) is 1.83. The summed E-state index contributed by atoms with van der Waals surface area (Å²) in [5.74, 6) is 2.00. The lowest BCUT2D eigenvalue weighted by Crippen LogP contribution is -2.23. The predicted molar refractivity (Wildman–Crippen MR) is 43.6 cm³/mol. The lowest BCUT2D eigenvalue weighted by molar-refractivity contribution is 1.02. The van der Waals surface area contributed by atoms with Crippen molar-refractivity contribution in [3.05, 3.63) is 0 Å². The molecule has 0 aromatic rings. The molecule has 0 fully saturated rings. The Morgan fingerprint density at radius 2 is 2.50 bits per heavy atom. The lowest BCUT2D eigenvalue weighted by Gasteiger charge is -1.99. The van der Waals surface area contributed by atoms with Crippen LogP contribution < -0.4 is 5.73 Å². The van der Waals surface area contributed by atoms with Crippen LogP contribution in [0.25, 0.3) is 0 Å². The third-order valence-corrected chi connectivity index (χ3v) is 1.96. The van der Waals surface area contributed by atoms with E-state index in [-0.39, 0.29) is 6.04 Å². The van der Waals surface area contributed by atoms with Crippen LogP contribution in [-0.2, 0) is 0 Å². The fourth-order valence-corrected chi connectivity index (χ4v) is 1.04. The van der Waals surface area contributed by atoms with Gasteiger partial charge in [-0.1, -0.05) is 19.1 Å². The summed E-state index contributed by atoms with van der Waals surface area (Å²) in [5.41, 5.74) is 5.42. The molecule has 47 valence electrons. The number of rotatable bonds is 4. The molecule has 1 atom stereocenters. The van der Waals surface area contributed by atoms with Gasteiger partial charge in [0.05, 0.1) is 6.04 Å². The monoisotopic (exact) mass is 148 g/mol. The fourth-order valence-electron chi connectivity index (χ4n) is 0.279. The zero-order valence-electron chi connectivity index (χ0n) is 4.89. The van der Waals surface area contributed by atoms with Gasteiger partial charge < -0.3 is 5.73 Å². The molecule has 0 amide bonds. The minimum atomic E-state index is -0.0186. The van der Waals surface area contributed by atoms with E-state index in [1.165, 1.54) is 0 Å². The molecule has 0 heterocycles. The quantitative estimate of drug-likeness (QED) is 0.601. The van der Waals surface area contributed by atoms with Crippen molar-refractivity contribution in [3.8, 4) is 0 Å². The predicted octanol–water partition coefficient (Wildman–Crippen LogP) is 0.944. The highest BCUT2D eigenvalue weighted by atomic mass is 32.2. The molecular formula is C5H10NS2. The third kappa shape index (κ3) is 4.56. The number of thiocarbonyl (C=S) groups is 1. The summed E-state index contributed by atoms with van der Waals surface area (Å²) in [6.07, 6.45) is 0. The van der Waals surface area contributed by atoms with Crippen LogP contribution in [0.2, 0.25) is 0 Å². The lowest BCUT2D eigenvalue weighted by atomic mass is 10.4. The SMILES string of the molecule is CCSCC(N)[C]=S. The van der Waals surface area contributed by atoms with Crippen molar-refractivity contribution in [1.29, 1.82) is 0 Å². The van der Waals surface area contributed by atoms with Crippen molar-refractivity contribution in [2.24, 2.45) is 5.73 Å². The van der Waals surface area contributed by atoms with Crippen LogP contribution in [-0.4, -0.2) is 22.9 Å². The maximum absolute atomic E-state index is 5.42. The maximum Gasteiger partial charge on any atom is 0.0501 e. The Balaban J connectivity index is 2.98. The zero-order chi connectivity index (χ0) is 6.41. The normalized spacial score (nSPS) is 13.2. The fraction of sp³-hybridized carbons (Fsp3) is 0.800. The highest BCUT2D eigenvalue weighted by Gasteiger charge is 1.94. The molecule has 1 unspecified atom stereocenters. The smallest absolute Gasteiger partial charge is 0.0501 e. The van der Waals surface area contributed by atoms with E-state index < -0.39 is 0 Å². The van der Waals surface area contributed by atoms with E-state index in [0.717, 1.165) is 11.5 Å². The van der Waals surface area contributed by atoms with E-state index in [2.05, 4.69) is 24.5 Å². The molecule has 0 spiro atoms. The van der Waals surface area contributed by atoms with Gasteiger partial charge in [0.1, 0.15) is 0 Å². The second kappa shape index (κ2) is 5.54. The van der Waals surface area contributed by atoms with Crippen molar-refractivity contribution in [1.82, 2.24) is 0 Å². The van der Waals surface area contributed by atoms with Crippen molar-refractivity contribution >= 4 is 29.3 Å². The summed E-state index contributed by atoms with van der Waals surface area (Å²) < 4.78 is 0. The molecule has 0 rings (SSSR count). The third-order valence-electron chi connectivity index (χ3n) is 0.653. The second-order valence-electron chi connectivity index (χ2n) is 1.38. The van der Waals surface area contributed by atoms with Gasteiger partial charge in [-0.05, 0) is 5.75 Å². The average molecular weight is 148 g/mol. The summed E-state index contributed by atoms with van der Waals surface area (Å²) in [6.45, 7) is 2.10. The number of thioether (sulfide) groups is 1. The first kappa shape index (κ1) is 8.40. The summed E-state index contributed by atoms with van der Waals surface area (Å²) in [5, 5.41) is 2.54. The van der Waals surface area contributed by atoms with Gasteiger partial charge in [-0.25, -0.2) is 0 Å². The Morgan fingerprint density at radius 1 is 1.88 bits per heavy atom. The van der Waals surface area contributed by atoms with Crippen molar-refractivity contribution in [2.75, 3.05) is 11.5 Å².